The maximum atomic E-state index is 12.3. The molecule has 0 saturated heterocycles. The largest absolute Gasteiger partial charge is 0.393 e. The van der Waals surface area contributed by atoms with Gasteiger partial charge in [-0.15, -0.1) is 0 Å². The van der Waals surface area contributed by atoms with Gasteiger partial charge < -0.3 is 5.11 Å². The molecule has 1 fully saturated rings. The third-order valence-corrected chi connectivity index (χ3v) is 5.49. The standard InChI is InChI=1S/C15H20N2O3S/c1-11-7-12(9-16)5-6-15(11)21(19,20)17-10-13-3-2-4-14(18)8-13/h5-7,13-14,17-18H,2-4,8,10H2,1H3. The maximum Gasteiger partial charge on any atom is 0.240 e. The van der Waals surface area contributed by atoms with E-state index in [1.807, 2.05) is 6.07 Å². The Labute approximate surface area is 125 Å². The van der Waals surface area contributed by atoms with Gasteiger partial charge in [0.25, 0.3) is 0 Å². The molecular weight excluding hydrogens is 288 g/mol. The van der Waals surface area contributed by atoms with E-state index in [1.54, 1.807) is 13.0 Å². The predicted molar refractivity (Wildman–Crippen MR) is 79.0 cm³/mol. The number of hydrogen-bond acceptors (Lipinski definition) is 4. The molecule has 1 saturated carbocycles. The van der Waals surface area contributed by atoms with Crippen molar-refractivity contribution in [2.75, 3.05) is 6.54 Å². The zero-order valence-corrected chi connectivity index (χ0v) is 12.9. The van der Waals surface area contributed by atoms with E-state index in [9.17, 15) is 13.5 Å². The summed E-state index contributed by atoms with van der Waals surface area (Å²) in [6.45, 7) is 2.03. The van der Waals surface area contributed by atoms with Crippen LogP contribution in [-0.4, -0.2) is 26.2 Å². The lowest BCUT2D eigenvalue weighted by Gasteiger charge is -2.25. The minimum atomic E-state index is -3.57. The summed E-state index contributed by atoms with van der Waals surface area (Å²) in [5, 5.41) is 18.4. The SMILES string of the molecule is Cc1cc(C#N)ccc1S(=O)(=O)NCC1CCCC(O)C1. The van der Waals surface area contributed by atoms with Gasteiger partial charge in [-0.1, -0.05) is 6.42 Å². The van der Waals surface area contributed by atoms with Crippen LogP contribution in [0.5, 0.6) is 0 Å². The first kappa shape index (κ1) is 16.0. The van der Waals surface area contributed by atoms with Crippen LogP contribution >= 0.6 is 0 Å². The molecule has 6 heteroatoms. The number of aliphatic hydroxyl groups is 1. The average molecular weight is 308 g/mol. The molecule has 2 atom stereocenters. The summed E-state index contributed by atoms with van der Waals surface area (Å²) < 4.78 is 27.3. The van der Waals surface area contributed by atoms with Crippen LogP contribution in [0.1, 0.15) is 36.8 Å². The average Bonchev–Trinajstić information content (AvgIpc) is 2.45. The van der Waals surface area contributed by atoms with Gasteiger partial charge in [0.05, 0.1) is 22.6 Å². The molecule has 1 aromatic carbocycles. The molecule has 1 aliphatic carbocycles. The van der Waals surface area contributed by atoms with Gasteiger partial charge in [-0.25, -0.2) is 13.1 Å². The normalized spacial score (nSPS) is 22.7. The van der Waals surface area contributed by atoms with E-state index in [4.69, 9.17) is 5.26 Å². The van der Waals surface area contributed by atoms with E-state index in [0.29, 0.717) is 24.1 Å². The Kier molecular flexibility index (Phi) is 4.99. The van der Waals surface area contributed by atoms with Gasteiger partial charge in [0.2, 0.25) is 10.0 Å². The topological polar surface area (TPSA) is 90.2 Å². The number of aliphatic hydroxyl groups excluding tert-OH is 1. The van der Waals surface area contributed by atoms with Crippen molar-refractivity contribution in [1.82, 2.24) is 4.72 Å². The Balaban J connectivity index is 2.06. The summed E-state index contributed by atoms with van der Waals surface area (Å²) >= 11 is 0. The molecule has 2 rings (SSSR count). The number of hydrogen-bond donors (Lipinski definition) is 2. The van der Waals surface area contributed by atoms with Crippen LogP contribution in [0.3, 0.4) is 0 Å². The smallest absolute Gasteiger partial charge is 0.240 e. The number of aryl methyl sites for hydroxylation is 1. The third-order valence-electron chi connectivity index (χ3n) is 3.91. The maximum absolute atomic E-state index is 12.3. The molecule has 0 radical (unpaired) electrons. The Bertz CT molecular complexity index is 649. The molecule has 21 heavy (non-hydrogen) atoms. The van der Waals surface area contributed by atoms with Crippen molar-refractivity contribution in [3.8, 4) is 6.07 Å². The molecule has 1 aliphatic rings. The quantitative estimate of drug-likeness (QED) is 0.885. The number of rotatable bonds is 4. The Morgan fingerprint density at radius 3 is 2.81 bits per heavy atom. The van der Waals surface area contributed by atoms with Gasteiger partial charge in [0.15, 0.2) is 0 Å². The molecule has 2 unspecified atom stereocenters. The van der Waals surface area contributed by atoms with Crippen molar-refractivity contribution in [2.24, 2.45) is 5.92 Å². The molecule has 5 nitrogen and oxygen atoms in total. The molecule has 2 N–H and O–H groups in total. The fourth-order valence-corrected chi connectivity index (χ4v) is 4.11. The summed E-state index contributed by atoms with van der Waals surface area (Å²) in [6.07, 6.45) is 3.01. The van der Waals surface area contributed by atoms with Crippen LogP contribution in [0, 0.1) is 24.2 Å². The van der Waals surface area contributed by atoms with Crippen molar-refractivity contribution in [3.05, 3.63) is 29.3 Å². The van der Waals surface area contributed by atoms with Crippen molar-refractivity contribution in [2.45, 2.75) is 43.6 Å². The van der Waals surface area contributed by atoms with Gasteiger partial charge in [-0.05, 0) is 55.9 Å². The second kappa shape index (κ2) is 6.56. The number of benzene rings is 1. The zero-order valence-electron chi connectivity index (χ0n) is 12.0. The monoisotopic (exact) mass is 308 g/mol. The lowest BCUT2D eigenvalue weighted by Crippen LogP contribution is -2.33. The second-order valence-corrected chi connectivity index (χ2v) is 7.37. The number of nitrogens with zero attached hydrogens (tertiary/aromatic N) is 1. The Morgan fingerprint density at radius 1 is 1.43 bits per heavy atom. The first-order chi connectivity index (χ1) is 9.92. The molecule has 0 spiro atoms. The molecule has 0 amide bonds. The second-order valence-electron chi connectivity index (χ2n) is 5.63. The molecule has 1 aromatic rings. The van der Waals surface area contributed by atoms with E-state index < -0.39 is 10.0 Å². The number of nitriles is 1. The summed E-state index contributed by atoms with van der Waals surface area (Å²) in [5.74, 6) is 0.183. The van der Waals surface area contributed by atoms with Gasteiger partial charge in [-0.3, -0.25) is 0 Å². The van der Waals surface area contributed by atoms with Crippen LogP contribution in [0.15, 0.2) is 23.1 Å². The highest BCUT2D eigenvalue weighted by atomic mass is 32.2. The van der Waals surface area contributed by atoms with Crippen molar-refractivity contribution in [1.29, 1.82) is 5.26 Å². The molecule has 0 bridgehead atoms. The van der Waals surface area contributed by atoms with Gasteiger partial charge >= 0.3 is 0 Å². The fourth-order valence-electron chi connectivity index (χ4n) is 2.77. The Morgan fingerprint density at radius 2 is 2.19 bits per heavy atom. The summed E-state index contributed by atoms with van der Waals surface area (Å²) in [5.41, 5.74) is 1.01. The van der Waals surface area contributed by atoms with E-state index >= 15 is 0 Å². The predicted octanol–water partition coefficient (Wildman–Crippen LogP) is 1.70. The molecule has 0 heterocycles. The first-order valence-corrected chi connectivity index (χ1v) is 8.59. The van der Waals surface area contributed by atoms with Gasteiger partial charge in [0, 0.05) is 6.54 Å². The lowest BCUT2D eigenvalue weighted by molar-refractivity contribution is 0.102. The number of nitrogens with one attached hydrogen (secondary N) is 1. The zero-order chi connectivity index (χ0) is 15.5. The summed E-state index contributed by atoms with van der Waals surface area (Å²) in [7, 11) is -3.57. The van der Waals surface area contributed by atoms with Crippen molar-refractivity contribution < 1.29 is 13.5 Å². The fraction of sp³-hybridized carbons (Fsp3) is 0.533. The van der Waals surface area contributed by atoms with Crippen LogP contribution < -0.4 is 4.72 Å². The molecule has 114 valence electrons. The first-order valence-electron chi connectivity index (χ1n) is 7.11. The van der Waals surface area contributed by atoms with E-state index in [1.165, 1.54) is 12.1 Å². The van der Waals surface area contributed by atoms with E-state index in [0.717, 1.165) is 19.3 Å². The minimum Gasteiger partial charge on any atom is -0.393 e. The lowest BCUT2D eigenvalue weighted by atomic mass is 9.87. The minimum absolute atomic E-state index is 0.183. The van der Waals surface area contributed by atoms with Crippen LogP contribution in [0.25, 0.3) is 0 Å². The van der Waals surface area contributed by atoms with Gasteiger partial charge in [-0.2, -0.15) is 5.26 Å². The highest BCUT2D eigenvalue weighted by molar-refractivity contribution is 7.89. The van der Waals surface area contributed by atoms with Crippen LogP contribution in [-0.2, 0) is 10.0 Å². The van der Waals surface area contributed by atoms with Crippen molar-refractivity contribution in [3.63, 3.8) is 0 Å². The highest BCUT2D eigenvalue weighted by Crippen LogP contribution is 2.24. The molecular formula is C15H20N2O3S. The Hall–Kier alpha value is -1.42. The van der Waals surface area contributed by atoms with E-state index in [-0.39, 0.29) is 16.9 Å². The molecule has 0 aromatic heterocycles. The highest BCUT2D eigenvalue weighted by Gasteiger charge is 2.23. The number of sulfonamides is 1. The molecule has 0 aliphatic heterocycles. The summed E-state index contributed by atoms with van der Waals surface area (Å²) in [4.78, 5) is 0.206. The van der Waals surface area contributed by atoms with E-state index in [2.05, 4.69) is 4.72 Å². The van der Waals surface area contributed by atoms with Gasteiger partial charge in [0.1, 0.15) is 0 Å². The van der Waals surface area contributed by atoms with Crippen molar-refractivity contribution >= 4 is 10.0 Å². The third kappa shape index (κ3) is 4.03. The summed E-state index contributed by atoms with van der Waals surface area (Å²) in [6, 6.07) is 6.53. The van der Waals surface area contributed by atoms with Crippen LogP contribution in [0.4, 0.5) is 0 Å². The van der Waals surface area contributed by atoms with Crippen LogP contribution in [0.2, 0.25) is 0 Å².